The molecular formula is C14H21NO3. The van der Waals surface area contributed by atoms with Crippen molar-refractivity contribution in [2.75, 3.05) is 12.3 Å². The smallest absolute Gasteiger partial charge is 0.338 e. The zero-order chi connectivity index (χ0) is 13.8. The number of carbonyl (C=O) groups excluding carboxylic acids is 1. The van der Waals surface area contributed by atoms with Crippen molar-refractivity contribution >= 4 is 11.7 Å². The Kier molecular flexibility index (Phi) is 4.59. The van der Waals surface area contributed by atoms with Gasteiger partial charge in [-0.15, -0.1) is 0 Å². The van der Waals surface area contributed by atoms with E-state index in [2.05, 4.69) is 0 Å². The molecule has 0 aliphatic heterocycles. The monoisotopic (exact) mass is 251 g/mol. The van der Waals surface area contributed by atoms with Crippen LogP contribution >= 0.6 is 0 Å². The average Bonchev–Trinajstić information content (AvgIpc) is 2.25. The fourth-order valence-corrected chi connectivity index (χ4v) is 1.36. The van der Waals surface area contributed by atoms with Crippen molar-refractivity contribution in [1.29, 1.82) is 0 Å². The minimum atomic E-state index is -0.511. The SMILES string of the molecule is CCCOc1ccc(C(=O)OC(C)(C)C)cc1N. The van der Waals surface area contributed by atoms with Gasteiger partial charge in [-0.3, -0.25) is 0 Å². The molecule has 0 bridgehead atoms. The van der Waals surface area contributed by atoms with Gasteiger partial charge in [0.15, 0.2) is 0 Å². The van der Waals surface area contributed by atoms with Crippen LogP contribution in [0.15, 0.2) is 18.2 Å². The standard InChI is InChI=1S/C14H21NO3/c1-5-8-17-12-7-6-10(9-11(12)15)13(16)18-14(2,3)4/h6-7,9H,5,8,15H2,1-4H3. The summed E-state index contributed by atoms with van der Waals surface area (Å²) in [6.45, 7) is 8.11. The second-order valence-electron chi connectivity index (χ2n) is 5.10. The molecule has 0 aromatic heterocycles. The van der Waals surface area contributed by atoms with Gasteiger partial charge < -0.3 is 15.2 Å². The largest absolute Gasteiger partial charge is 0.491 e. The molecule has 1 rings (SSSR count). The lowest BCUT2D eigenvalue weighted by Gasteiger charge is -2.19. The van der Waals surface area contributed by atoms with E-state index < -0.39 is 5.60 Å². The molecule has 0 fully saturated rings. The molecule has 1 aromatic rings. The van der Waals surface area contributed by atoms with Crippen molar-refractivity contribution in [2.45, 2.75) is 39.7 Å². The molecule has 0 aliphatic rings. The number of carbonyl (C=O) groups is 1. The third-order valence-corrected chi connectivity index (χ3v) is 2.11. The Bertz CT molecular complexity index is 422. The van der Waals surface area contributed by atoms with Gasteiger partial charge in [0.25, 0.3) is 0 Å². The highest BCUT2D eigenvalue weighted by Gasteiger charge is 2.18. The maximum absolute atomic E-state index is 11.8. The van der Waals surface area contributed by atoms with Crippen molar-refractivity contribution in [3.05, 3.63) is 23.8 Å². The number of hydrogen-bond donors (Lipinski definition) is 1. The Balaban J connectivity index is 2.80. The Labute approximate surface area is 108 Å². The lowest BCUT2D eigenvalue weighted by Crippen LogP contribution is -2.23. The van der Waals surface area contributed by atoms with Gasteiger partial charge in [-0.25, -0.2) is 4.79 Å². The van der Waals surface area contributed by atoms with E-state index in [1.54, 1.807) is 18.2 Å². The number of rotatable bonds is 4. The maximum atomic E-state index is 11.8. The van der Waals surface area contributed by atoms with E-state index in [4.69, 9.17) is 15.2 Å². The molecule has 2 N–H and O–H groups in total. The van der Waals surface area contributed by atoms with Crippen LogP contribution in [-0.2, 0) is 4.74 Å². The van der Waals surface area contributed by atoms with Gasteiger partial charge in [-0.2, -0.15) is 0 Å². The van der Waals surface area contributed by atoms with Crippen molar-refractivity contribution < 1.29 is 14.3 Å². The quantitative estimate of drug-likeness (QED) is 0.660. The van der Waals surface area contributed by atoms with Crippen LogP contribution in [0.5, 0.6) is 5.75 Å². The first kappa shape index (κ1) is 14.4. The molecule has 0 aliphatic carbocycles. The molecule has 100 valence electrons. The minimum Gasteiger partial charge on any atom is -0.491 e. The van der Waals surface area contributed by atoms with E-state index in [9.17, 15) is 4.79 Å². The predicted octanol–water partition coefficient (Wildman–Crippen LogP) is 3.01. The molecule has 0 heterocycles. The maximum Gasteiger partial charge on any atom is 0.338 e. The van der Waals surface area contributed by atoms with Crippen molar-refractivity contribution in [2.24, 2.45) is 0 Å². The zero-order valence-electron chi connectivity index (χ0n) is 11.4. The summed E-state index contributed by atoms with van der Waals surface area (Å²) in [5.74, 6) is 0.223. The van der Waals surface area contributed by atoms with Crippen molar-refractivity contribution in [1.82, 2.24) is 0 Å². The van der Waals surface area contributed by atoms with Gasteiger partial charge in [0, 0.05) is 0 Å². The van der Waals surface area contributed by atoms with Crippen LogP contribution < -0.4 is 10.5 Å². The lowest BCUT2D eigenvalue weighted by molar-refractivity contribution is 0.00696. The normalized spacial score (nSPS) is 11.1. The number of anilines is 1. The highest BCUT2D eigenvalue weighted by molar-refractivity contribution is 5.91. The first-order valence-corrected chi connectivity index (χ1v) is 6.09. The Hall–Kier alpha value is -1.71. The molecule has 0 atom stereocenters. The molecule has 1 aromatic carbocycles. The summed E-state index contributed by atoms with van der Waals surface area (Å²) in [7, 11) is 0. The number of benzene rings is 1. The molecule has 4 nitrogen and oxygen atoms in total. The summed E-state index contributed by atoms with van der Waals surface area (Å²) in [5.41, 5.74) is 6.21. The van der Waals surface area contributed by atoms with Crippen LogP contribution in [0.25, 0.3) is 0 Å². The van der Waals surface area contributed by atoms with Crippen LogP contribution in [0.2, 0.25) is 0 Å². The van der Waals surface area contributed by atoms with E-state index >= 15 is 0 Å². The second kappa shape index (κ2) is 5.76. The topological polar surface area (TPSA) is 61.5 Å². The predicted molar refractivity (Wildman–Crippen MR) is 71.8 cm³/mol. The summed E-state index contributed by atoms with van der Waals surface area (Å²) in [6, 6.07) is 4.94. The number of ether oxygens (including phenoxy) is 2. The highest BCUT2D eigenvalue weighted by atomic mass is 16.6. The molecule has 4 heteroatoms. The molecule has 0 unspecified atom stereocenters. The molecule has 0 spiro atoms. The molecule has 0 radical (unpaired) electrons. The van der Waals surface area contributed by atoms with Gasteiger partial charge in [-0.1, -0.05) is 6.92 Å². The zero-order valence-corrected chi connectivity index (χ0v) is 11.4. The van der Waals surface area contributed by atoms with Crippen molar-refractivity contribution in [3.8, 4) is 5.75 Å². The second-order valence-corrected chi connectivity index (χ2v) is 5.10. The minimum absolute atomic E-state index is 0.378. The summed E-state index contributed by atoms with van der Waals surface area (Å²) >= 11 is 0. The third kappa shape index (κ3) is 4.28. The van der Waals surface area contributed by atoms with Gasteiger partial charge in [0.1, 0.15) is 11.4 Å². The summed E-state index contributed by atoms with van der Waals surface area (Å²) in [6.07, 6.45) is 0.910. The average molecular weight is 251 g/mol. The molecule has 18 heavy (non-hydrogen) atoms. The van der Waals surface area contributed by atoms with Gasteiger partial charge in [0.05, 0.1) is 17.9 Å². The molecule has 0 saturated heterocycles. The molecule has 0 amide bonds. The Morgan fingerprint density at radius 3 is 2.50 bits per heavy atom. The third-order valence-electron chi connectivity index (χ3n) is 2.11. The summed E-state index contributed by atoms with van der Waals surface area (Å²) in [4.78, 5) is 11.8. The first-order chi connectivity index (χ1) is 8.33. The van der Waals surface area contributed by atoms with E-state index in [1.807, 2.05) is 27.7 Å². The summed E-state index contributed by atoms with van der Waals surface area (Å²) in [5, 5.41) is 0. The Morgan fingerprint density at radius 1 is 1.33 bits per heavy atom. The fraction of sp³-hybridized carbons (Fsp3) is 0.500. The lowest BCUT2D eigenvalue weighted by atomic mass is 10.1. The van der Waals surface area contributed by atoms with E-state index in [-0.39, 0.29) is 5.97 Å². The fourth-order valence-electron chi connectivity index (χ4n) is 1.36. The highest BCUT2D eigenvalue weighted by Crippen LogP contribution is 2.24. The molecule has 0 saturated carbocycles. The van der Waals surface area contributed by atoms with Gasteiger partial charge in [0.2, 0.25) is 0 Å². The van der Waals surface area contributed by atoms with Crippen LogP contribution in [0.3, 0.4) is 0 Å². The van der Waals surface area contributed by atoms with E-state index in [0.29, 0.717) is 23.6 Å². The number of nitrogen functional groups attached to an aromatic ring is 1. The van der Waals surface area contributed by atoms with Crippen LogP contribution in [0, 0.1) is 0 Å². The van der Waals surface area contributed by atoms with Crippen LogP contribution in [0.4, 0.5) is 5.69 Å². The number of hydrogen-bond acceptors (Lipinski definition) is 4. The van der Waals surface area contributed by atoms with E-state index in [0.717, 1.165) is 6.42 Å². The Morgan fingerprint density at radius 2 is 2.00 bits per heavy atom. The summed E-state index contributed by atoms with van der Waals surface area (Å²) < 4.78 is 10.7. The first-order valence-electron chi connectivity index (χ1n) is 6.09. The van der Waals surface area contributed by atoms with Gasteiger partial charge >= 0.3 is 5.97 Å². The van der Waals surface area contributed by atoms with Crippen molar-refractivity contribution in [3.63, 3.8) is 0 Å². The van der Waals surface area contributed by atoms with Crippen LogP contribution in [0.1, 0.15) is 44.5 Å². The number of nitrogens with two attached hydrogens (primary N) is 1. The molecular weight excluding hydrogens is 230 g/mol. The van der Waals surface area contributed by atoms with Gasteiger partial charge in [-0.05, 0) is 45.4 Å². The number of esters is 1. The van der Waals surface area contributed by atoms with E-state index in [1.165, 1.54) is 0 Å². The van der Waals surface area contributed by atoms with Crippen LogP contribution in [-0.4, -0.2) is 18.2 Å².